The van der Waals surface area contributed by atoms with Crippen molar-refractivity contribution < 1.29 is 19.5 Å². The summed E-state index contributed by atoms with van der Waals surface area (Å²) in [6.07, 6.45) is 2.11. The zero-order valence-electron chi connectivity index (χ0n) is 18.2. The average Bonchev–Trinajstić information content (AvgIpc) is 3.65. The Hall–Kier alpha value is -3.60. The van der Waals surface area contributed by atoms with Gasteiger partial charge < -0.3 is 14.7 Å². The number of carbonyl (C=O) groups is 1. The second-order valence-corrected chi connectivity index (χ2v) is 7.93. The van der Waals surface area contributed by atoms with E-state index in [4.69, 9.17) is 9.57 Å². The number of aliphatic carboxylic acids is 1. The predicted octanol–water partition coefficient (Wildman–Crippen LogP) is 5.68. The van der Waals surface area contributed by atoms with Gasteiger partial charge in [0, 0.05) is 0 Å². The van der Waals surface area contributed by atoms with E-state index in [2.05, 4.69) is 41.6 Å². The molecule has 0 atom stereocenters. The summed E-state index contributed by atoms with van der Waals surface area (Å²) in [7, 11) is 0. The number of rotatable bonds is 10. The number of carboxylic acids is 1. The van der Waals surface area contributed by atoms with E-state index in [0.717, 1.165) is 28.8 Å². The molecule has 5 nitrogen and oxygen atoms in total. The third kappa shape index (κ3) is 4.83. The minimum Gasteiger partial charge on any atom is -0.490 e. The van der Waals surface area contributed by atoms with Crippen LogP contribution in [0.4, 0.5) is 0 Å². The van der Waals surface area contributed by atoms with Crippen LogP contribution in [0, 0.1) is 0 Å². The van der Waals surface area contributed by atoms with Crippen LogP contribution >= 0.6 is 0 Å². The minimum atomic E-state index is -0.767. The van der Waals surface area contributed by atoms with Gasteiger partial charge in [0.2, 0.25) is 0 Å². The molecule has 164 valence electrons. The van der Waals surface area contributed by atoms with Crippen molar-refractivity contribution in [2.24, 2.45) is 5.16 Å². The molecule has 3 aromatic carbocycles. The van der Waals surface area contributed by atoms with E-state index in [0.29, 0.717) is 31.8 Å². The summed E-state index contributed by atoms with van der Waals surface area (Å²) < 4.78 is 5.75. The first-order chi connectivity index (χ1) is 15.6. The first kappa shape index (κ1) is 21.6. The van der Waals surface area contributed by atoms with Crippen LogP contribution in [0.2, 0.25) is 0 Å². The van der Waals surface area contributed by atoms with Crippen LogP contribution in [0.15, 0.2) is 84.0 Å². The third-order valence-corrected chi connectivity index (χ3v) is 5.82. The van der Waals surface area contributed by atoms with Gasteiger partial charge in [-0.3, -0.25) is 4.79 Å². The van der Waals surface area contributed by atoms with E-state index >= 15 is 0 Å². The second-order valence-electron chi connectivity index (χ2n) is 7.93. The van der Waals surface area contributed by atoms with E-state index in [1.165, 1.54) is 5.56 Å². The molecule has 1 aliphatic rings. The largest absolute Gasteiger partial charge is 0.490 e. The lowest BCUT2D eigenvalue weighted by molar-refractivity contribution is -0.140. The maximum Gasteiger partial charge on any atom is 0.314 e. The highest BCUT2D eigenvalue weighted by molar-refractivity contribution is 6.00. The van der Waals surface area contributed by atoms with Crippen molar-refractivity contribution in [2.75, 3.05) is 13.2 Å². The first-order valence-corrected chi connectivity index (χ1v) is 10.9. The van der Waals surface area contributed by atoms with Crippen molar-refractivity contribution in [3.63, 3.8) is 0 Å². The molecule has 1 aliphatic carbocycles. The fourth-order valence-electron chi connectivity index (χ4n) is 3.76. The van der Waals surface area contributed by atoms with E-state index in [1.54, 1.807) is 0 Å². The number of ether oxygens (including phenoxy) is 1. The molecular weight excluding hydrogens is 402 g/mol. The molecule has 0 amide bonds. The topological polar surface area (TPSA) is 68.1 Å². The van der Waals surface area contributed by atoms with Crippen LogP contribution in [0.25, 0.3) is 11.1 Å². The standard InChI is InChI=1S/C27H27NO4/c1-2-25(22-13-11-21(12-14-22)20-7-4-3-5-8-20)28-32-18-17-31-24-10-6-9-23(19-24)27(15-16-27)26(29)30/h3-14,19H,2,15-18H2,1H3,(H,29,30)/b28-25+. The average molecular weight is 430 g/mol. The zero-order valence-corrected chi connectivity index (χ0v) is 18.2. The Morgan fingerprint density at radius 2 is 1.66 bits per heavy atom. The highest BCUT2D eigenvalue weighted by Crippen LogP contribution is 2.49. The van der Waals surface area contributed by atoms with Crippen molar-refractivity contribution >= 4 is 11.7 Å². The van der Waals surface area contributed by atoms with Gasteiger partial charge in [-0.25, -0.2) is 0 Å². The summed E-state index contributed by atoms with van der Waals surface area (Å²) in [4.78, 5) is 17.0. The molecule has 5 heteroatoms. The summed E-state index contributed by atoms with van der Waals surface area (Å²) >= 11 is 0. The van der Waals surface area contributed by atoms with Gasteiger partial charge in [-0.05, 0) is 53.6 Å². The molecule has 3 aromatic rings. The summed E-state index contributed by atoms with van der Waals surface area (Å²) in [5.41, 5.74) is 4.33. The molecule has 0 heterocycles. The van der Waals surface area contributed by atoms with E-state index in [-0.39, 0.29) is 0 Å². The lowest BCUT2D eigenvalue weighted by Crippen LogP contribution is -2.19. The van der Waals surface area contributed by atoms with Gasteiger partial charge in [-0.2, -0.15) is 0 Å². The van der Waals surface area contributed by atoms with Gasteiger partial charge in [-0.1, -0.05) is 78.8 Å². The monoisotopic (exact) mass is 429 g/mol. The molecule has 0 aromatic heterocycles. The molecule has 0 unspecified atom stereocenters. The van der Waals surface area contributed by atoms with Gasteiger partial charge >= 0.3 is 5.97 Å². The molecular formula is C27H27NO4. The Labute approximate surface area is 188 Å². The molecule has 0 aliphatic heterocycles. The fraction of sp³-hybridized carbons (Fsp3) is 0.259. The molecule has 4 rings (SSSR count). The lowest BCUT2D eigenvalue weighted by atomic mass is 9.96. The molecule has 0 radical (unpaired) electrons. The summed E-state index contributed by atoms with van der Waals surface area (Å²) in [5.74, 6) is -0.119. The fourth-order valence-corrected chi connectivity index (χ4v) is 3.76. The number of hydrogen-bond donors (Lipinski definition) is 1. The van der Waals surface area contributed by atoms with Crippen LogP contribution < -0.4 is 4.74 Å². The van der Waals surface area contributed by atoms with Crippen molar-refractivity contribution in [1.82, 2.24) is 0 Å². The number of nitrogens with zero attached hydrogens (tertiary/aromatic N) is 1. The highest BCUT2D eigenvalue weighted by Gasteiger charge is 2.51. The van der Waals surface area contributed by atoms with E-state index < -0.39 is 11.4 Å². The molecule has 1 N–H and O–H groups in total. The lowest BCUT2D eigenvalue weighted by Gasteiger charge is -2.12. The highest BCUT2D eigenvalue weighted by atomic mass is 16.6. The quantitative estimate of drug-likeness (QED) is 0.256. The normalized spacial score (nSPS) is 14.6. The Bertz CT molecular complexity index is 1090. The smallest absolute Gasteiger partial charge is 0.314 e. The van der Waals surface area contributed by atoms with Gasteiger partial charge in [0.1, 0.15) is 12.4 Å². The number of oxime groups is 1. The second kappa shape index (κ2) is 9.69. The summed E-state index contributed by atoms with van der Waals surface area (Å²) in [5, 5.41) is 13.8. The predicted molar refractivity (Wildman–Crippen MR) is 125 cm³/mol. The molecule has 0 saturated heterocycles. The van der Waals surface area contributed by atoms with Crippen molar-refractivity contribution in [3.05, 3.63) is 90.0 Å². The van der Waals surface area contributed by atoms with Gasteiger partial charge in [0.15, 0.2) is 6.61 Å². The summed E-state index contributed by atoms with van der Waals surface area (Å²) in [6, 6.07) is 25.9. The molecule has 1 saturated carbocycles. The van der Waals surface area contributed by atoms with Crippen LogP contribution in [0.3, 0.4) is 0 Å². The van der Waals surface area contributed by atoms with Crippen LogP contribution in [-0.4, -0.2) is 30.0 Å². The van der Waals surface area contributed by atoms with Gasteiger partial charge in [0.05, 0.1) is 11.1 Å². The van der Waals surface area contributed by atoms with Gasteiger partial charge in [0.25, 0.3) is 0 Å². The molecule has 0 spiro atoms. The molecule has 1 fully saturated rings. The van der Waals surface area contributed by atoms with Crippen LogP contribution in [0.5, 0.6) is 5.75 Å². The van der Waals surface area contributed by atoms with Crippen molar-refractivity contribution in [3.8, 4) is 16.9 Å². The Morgan fingerprint density at radius 1 is 0.938 bits per heavy atom. The number of carboxylic acid groups (broad SMARTS) is 1. The van der Waals surface area contributed by atoms with E-state index in [1.807, 2.05) is 49.4 Å². The number of hydrogen-bond acceptors (Lipinski definition) is 4. The molecule has 0 bridgehead atoms. The Kier molecular flexibility index (Phi) is 6.55. The maximum absolute atomic E-state index is 11.5. The van der Waals surface area contributed by atoms with Crippen LogP contribution in [-0.2, 0) is 15.0 Å². The third-order valence-electron chi connectivity index (χ3n) is 5.82. The van der Waals surface area contributed by atoms with Crippen molar-refractivity contribution in [2.45, 2.75) is 31.6 Å². The van der Waals surface area contributed by atoms with Crippen LogP contribution in [0.1, 0.15) is 37.3 Å². The summed E-state index contributed by atoms with van der Waals surface area (Å²) in [6.45, 7) is 2.68. The SMILES string of the molecule is CC/C(=N\OCCOc1cccc(C2(C(=O)O)CC2)c1)c1ccc(-c2ccccc2)cc1. The number of benzene rings is 3. The Morgan fingerprint density at radius 3 is 2.31 bits per heavy atom. The van der Waals surface area contributed by atoms with E-state index in [9.17, 15) is 9.90 Å². The Balaban J connectivity index is 1.30. The maximum atomic E-state index is 11.5. The van der Waals surface area contributed by atoms with Crippen molar-refractivity contribution in [1.29, 1.82) is 0 Å². The minimum absolute atomic E-state index is 0.305. The zero-order chi connectivity index (χ0) is 22.4. The first-order valence-electron chi connectivity index (χ1n) is 10.9. The molecule has 32 heavy (non-hydrogen) atoms. The van der Waals surface area contributed by atoms with Gasteiger partial charge in [-0.15, -0.1) is 0 Å².